The van der Waals surface area contributed by atoms with Gasteiger partial charge in [-0.25, -0.2) is 0 Å². The molecule has 10 heteroatoms. The van der Waals surface area contributed by atoms with Crippen LogP contribution in [-0.4, -0.2) is 10.5 Å². The molecule has 0 unspecified atom stereocenters. The van der Waals surface area contributed by atoms with Crippen LogP contribution in [0.5, 0.6) is 0 Å². The van der Waals surface area contributed by atoms with E-state index in [1.807, 2.05) is 0 Å². The fraction of sp³-hybridized carbons (Fsp3) is 0.143. The average Bonchev–Trinajstić information content (AvgIpc) is 2.69. The summed E-state index contributed by atoms with van der Waals surface area (Å²) < 4.78 is 78.4. The van der Waals surface area contributed by atoms with E-state index in [9.17, 15) is 35.9 Å². The third-order valence-corrected chi connectivity index (χ3v) is 4.38. The Bertz CT molecular complexity index is 1150. The van der Waals surface area contributed by atoms with Gasteiger partial charge in [-0.15, -0.1) is 0 Å². The average molecular weight is 440 g/mol. The van der Waals surface area contributed by atoms with Crippen LogP contribution in [-0.2, 0) is 18.9 Å². The van der Waals surface area contributed by atoms with E-state index < -0.39 is 46.2 Å². The number of para-hydroxylation sites is 1. The second kappa shape index (κ2) is 8.29. The molecule has 31 heavy (non-hydrogen) atoms. The molecule has 162 valence electrons. The summed E-state index contributed by atoms with van der Waals surface area (Å²) in [4.78, 5) is 25.1. The molecule has 1 amide bonds. The highest BCUT2D eigenvalue weighted by Crippen LogP contribution is 2.34. The molecule has 1 N–H and O–H groups in total. The molecular weight excluding hydrogens is 426 g/mol. The van der Waals surface area contributed by atoms with Gasteiger partial charge in [-0.3, -0.25) is 9.59 Å². The Labute approximate surface area is 171 Å². The lowest BCUT2D eigenvalue weighted by Crippen LogP contribution is -2.29. The molecular formula is C21H14F6N2O2. The van der Waals surface area contributed by atoms with Crippen molar-refractivity contribution < 1.29 is 31.1 Å². The minimum Gasteiger partial charge on any atom is -0.321 e. The van der Waals surface area contributed by atoms with Crippen molar-refractivity contribution in [1.82, 2.24) is 4.57 Å². The Morgan fingerprint density at radius 1 is 0.839 bits per heavy atom. The van der Waals surface area contributed by atoms with E-state index in [0.717, 1.165) is 41.0 Å². The smallest absolute Gasteiger partial charge is 0.321 e. The molecule has 0 saturated heterocycles. The van der Waals surface area contributed by atoms with Crippen LogP contribution in [0.2, 0.25) is 0 Å². The van der Waals surface area contributed by atoms with Gasteiger partial charge < -0.3 is 9.88 Å². The first-order valence-electron chi connectivity index (χ1n) is 8.80. The molecule has 0 aliphatic heterocycles. The number of carbonyl (C=O) groups excluding carboxylic acids is 1. The molecule has 1 aromatic heterocycles. The van der Waals surface area contributed by atoms with Crippen LogP contribution in [0.3, 0.4) is 0 Å². The summed E-state index contributed by atoms with van der Waals surface area (Å²) in [6.07, 6.45) is -7.89. The highest BCUT2D eigenvalue weighted by molar-refractivity contribution is 6.04. The number of benzene rings is 2. The van der Waals surface area contributed by atoms with Gasteiger partial charge in [0, 0.05) is 6.20 Å². The SMILES string of the molecule is O=C(Nc1ccccc1C(F)(F)F)c1cccn(Cc2ccc(C(F)(F)F)cc2)c1=O. The van der Waals surface area contributed by atoms with Crippen molar-refractivity contribution in [1.29, 1.82) is 0 Å². The summed E-state index contributed by atoms with van der Waals surface area (Å²) in [6, 6.07) is 10.9. The van der Waals surface area contributed by atoms with Gasteiger partial charge >= 0.3 is 12.4 Å². The third kappa shape index (κ3) is 5.14. The summed E-state index contributed by atoms with van der Waals surface area (Å²) >= 11 is 0. The molecule has 0 spiro atoms. The summed E-state index contributed by atoms with van der Waals surface area (Å²) in [7, 11) is 0. The van der Waals surface area contributed by atoms with Crippen LogP contribution >= 0.6 is 0 Å². The standard InChI is InChI=1S/C21H14F6N2O2/c22-20(23,24)14-9-7-13(8-10-14)12-29-11-3-4-15(19(29)31)18(30)28-17-6-2-1-5-16(17)21(25,26)27/h1-11H,12H2,(H,28,30). The van der Waals surface area contributed by atoms with E-state index in [2.05, 4.69) is 5.32 Å². The Morgan fingerprint density at radius 3 is 2.10 bits per heavy atom. The number of halogens is 6. The molecule has 0 fully saturated rings. The first-order valence-corrected chi connectivity index (χ1v) is 8.80. The fourth-order valence-electron chi connectivity index (χ4n) is 2.86. The van der Waals surface area contributed by atoms with Gasteiger partial charge in [0.2, 0.25) is 0 Å². The molecule has 0 atom stereocenters. The van der Waals surface area contributed by atoms with Gasteiger partial charge in [-0.2, -0.15) is 26.3 Å². The number of pyridine rings is 1. The number of carbonyl (C=O) groups is 1. The maximum Gasteiger partial charge on any atom is 0.418 e. The number of amides is 1. The maximum atomic E-state index is 13.1. The van der Waals surface area contributed by atoms with Crippen LogP contribution in [0, 0.1) is 0 Å². The number of anilines is 1. The topological polar surface area (TPSA) is 51.1 Å². The van der Waals surface area contributed by atoms with Gasteiger partial charge in [0.05, 0.1) is 23.4 Å². The van der Waals surface area contributed by atoms with Crippen LogP contribution in [0.15, 0.2) is 71.7 Å². The van der Waals surface area contributed by atoms with Crippen LogP contribution in [0.25, 0.3) is 0 Å². The normalized spacial score (nSPS) is 11.9. The Kier molecular flexibility index (Phi) is 5.92. The summed E-state index contributed by atoms with van der Waals surface area (Å²) in [5, 5.41) is 2.09. The minimum atomic E-state index is -4.71. The molecule has 0 radical (unpaired) electrons. The number of alkyl halides is 6. The zero-order chi connectivity index (χ0) is 22.8. The van der Waals surface area contributed by atoms with Crippen LogP contribution < -0.4 is 10.9 Å². The van der Waals surface area contributed by atoms with Crippen molar-refractivity contribution in [2.75, 3.05) is 5.32 Å². The zero-order valence-electron chi connectivity index (χ0n) is 15.6. The molecule has 2 aromatic carbocycles. The third-order valence-electron chi connectivity index (χ3n) is 4.38. The van der Waals surface area contributed by atoms with Crippen LogP contribution in [0.4, 0.5) is 32.0 Å². The predicted octanol–water partition coefficient (Wildman–Crippen LogP) is 5.19. The van der Waals surface area contributed by atoms with E-state index >= 15 is 0 Å². The number of nitrogens with one attached hydrogen (secondary N) is 1. The fourth-order valence-corrected chi connectivity index (χ4v) is 2.86. The largest absolute Gasteiger partial charge is 0.418 e. The van der Waals surface area contributed by atoms with Crippen molar-refractivity contribution in [3.05, 3.63) is 99.5 Å². The summed E-state index contributed by atoms with van der Waals surface area (Å²) in [5.74, 6) is -1.04. The molecule has 0 aliphatic rings. The second-order valence-corrected chi connectivity index (χ2v) is 6.55. The Hall–Kier alpha value is -3.56. The Morgan fingerprint density at radius 2 is 1.48 bits per heavy atom. The molecule has 4 nitrogen and oxygen atoms in total. The zero-order valence-corrected chi connectivity index (χ0v) is 15.6. The molecule has 0 bridgehead atoms. The van der Waals surface area contributed by atoms with Gasteiger partial charge in [0.25, 0.3) is 11.5 Å². The highest BCUT2D eigenvalue weighted by Gasteiger charge is 2.34. The number of aromatic nitrogens is 1. The number of nitrogens with zero attached hydrogens (tertiary/aromatic N) is 1. The van der Waals surface area contributed by atoms with E-state index in [4.69, 9.17) is 0 Å². The summed E-state index contributed by atoms with van der Waals surface area (Å²) in [5.41, 5.74) is -3.26. The van der Waals surface area contributed by atoms with Gasteiger partial charge in [-0.05, 0) is 42.0 Å². The molecule has 3 rings (SSSR count). The van der Waals surface area contributed by atoms with E-state index in [1.165, 1.54) is 30.5 Å². The van der Waals surface area contributed by atoms with E-state index in [1.54, 1.807) is 0 Å². The summed E-state index contributed by atoms with van der Waals surface area (Å²) in [6.45, 7) is -0.128. The van der Waals surface area contributed by atoms with Crippen molar-refractivity contribution >= 4 is 11.6 Å². The monoisotopic (exact) mass is 440 g/mol. The van der Waals surface area contributed by atoms with Gasteiger partial charge in [-0.1, -0.05) is 24.3 Å². The van der Waals surface area contributed by atoms with Crippen molar-refractivity contribution in [3.8, 4) is 0 Å². The first-order chi connectivity index (χ1) is 14.5. The molecule has 1 heterocycles. The van der Waals surface area contributed by atoms with Gasteiger partial charge in [0.1, 0.15) is 5.56 Å². The minimum absolute atomic E-state index is 0.128. The predicted molar refractivity (Wildman–Crippen MR) is 101 cm³/mol. The number of rotatable bonds is 4. The Balaban J connectivity index is 1.85. The highest BCUT2D eigenvalue weighted by atomic mass is 19.4. The lowest BCUT2D eigenvalue weighted by atomic mass is 10.1. The molecule has 3 aromatic rings. The lowest BCUT2D eigenvalue weighted by molar-refractivity contribution is -0.138. The van der Waals surface area contributed by atoms with Crippen molar-refractivity contribution in [2.24, 2.45) is 0 Å². The van der Waals surface area contributed by atoms with E-state index in [0.29, 0.717) is 5.56 Å². The first kappa shape index (κ1) is 22.1. The van der Waals surface area contributed by atoms with Crippen molar-refractivity contribution in [2.45, 2.75) is 18.9 Å². The number of hydrogen-bond acceptors (Lipinski definition) is 2. The molecule has 0 saturated carbocycles. The van der Waals surface area contributed by atoms with E-state index in [-0.39, 0.29) is 6.54 Å². The molecule has 0 aliphatic carbocycles. The number of hydrogen-bond donors (Lipinski definition) is 1. The van der Waals surface area contributed by atoms with Crippen molar-refractivity contribution in [3.63, 3.8) is 0 Å². The maximum absolute atomic E-state index is 13.1. The second-order valence-electron chi connectivity index (χ2n) is 6.55. The van der Waals surface area contributed by atoms with Gasteiger partial charge in [0.15, 0.2) is 0 Å². The van der Waals surface area contributed by atoms with Crippen LogP contribution in [0.1, 0.15) is 27.0 Å². The quantitative estimate of drug-likeness (QED) is 0.568. The lowest BCUT2D eigenvalue weighted by Gasteiger charge is -2.14.